The topological polar surface area (TPSA) is 89.5 Å². The van der Waals surface area contributed by atoms with Crippen molar-refractivity contribution in [2.75, 3.05) is 7.05 Å². The third-order valence-corrected chi connectivity index (χ3v) is 5.10. The SMILES string of the molecule is CNS(=O)(=O)c1ccc(C(=O)OC(C)C(=O)c2cccc(Cl)c2)cc1. The van der Waals surface area contributed by atoms with E-state index in [-0.39, 0.29) is 16.2 Å². The summed E-state index contributed by atoms with van der Waals surface area (Å²) in [6, 6.07) is 11.5. The molecule has 0 amide bonds. The molecule has 0 fully saturated rings. The molecule has 0 bridgehead atoms. The molecule has 0 spiro atoms. The Labute approximate surface area is 150 Å². The van der Waals surface area contributed by atoms with Crippen LogP contribution in [0.5, 0.6) is 0 Å². The zero-order valence-electron chi connectivity index (χ0n) is 13.5. The largest absolute Gasteiger partial charge is 0.451 e. The zero-order valence-corrected chi connectivity index (χ0v) is 15.1. The minimum Gasteiger partial charge on any atom is -0.451 e. The molecule has 0 aromatic heterocycles. The number of ketones is 1. The Morgan fingerprint density at radius 1 is 1.08 bits per heavy atom. The second-order valence-electron chi connectivity index (χ2n) is 5.15. The molecule has 2 aromatic rings. The van der Waals surface area contributed by atoms with E-state index in [0.29, 0.717) is 10.6 Å². The van der Waals surface area contributed by atoms with E-state index in [4.69, 9.17) is 16.3 Å². The van der Waals surface area contributed by atoms with Gasteiger partial charge in [-0.05, 0) is 50.4 Å². The van der Waals surface area contributed by atoms with E-state index in [2.05, 4.69) is 4.72 Å². The Morgan fingerprint density at radius 3 is 2.28 bits per heavy atom. The number of halogens is 1. The van der Waals surface area contributed by atoms with Crippen molar-refractivity contribution in [1.82, 2.24) is 4.72 Å². The summed E-state index contributed by atoms with van der Waals surface area (Å²) in [6.07, 6.45) is -1.01. The second kappa shape index (κ2) is 7.77. The molecule has 0 aliphatic carbocycles. The number of Topliss-reactive ketones (excluding diaryl/α,β-unsaturated/α-hetero) is 1. The minimum atomic E-state index is -3.59. The molecule has 1 atom stereocenters. The van der Waals surface area contributed by atoms with Gasteiger partial charge < -0.3 is 4.74 Å². The molecule has 0 saturated carbocycles. The second-order valence-corrected chi connectivity index (χ2v) is 7.48. The first-order valence-corrected chi connectivity index (χ1v) is 9.15. The molecule has 8 heteroatoms. The normalized spacial score (nSPS) is 12.4. The first kappa shape index (κ1) is 19.1. The summed E-state index contributed by atoms with van der Waals surface area (Å²) in [5.74, 6) is -1.11. The van der Waals surface area contributed by atoms with Crippen molar-refractivity contribution in [1.29, 1.82) is 0 Å². The Balaban J connectivity index is 2.10. The molecule has 0 aliphatic heterocycles. The van der Waals surface area contributed by atoms with Crippen molar-refractivity contribution in [3.8, 4) is 0 Å². The highest BCUT2D eigenvalue weighted by Gasteiger charge is 2.21. The van der Waals surface area contributed by atoms with Gasteiger partial charge in [-0.2, -0.15) is 0 Å². The van der Waals surface area contributed by atoms with Gasteiger partial charge in [0.15, 0.2) is 6.10 Å². The van der Waals surface area contributed by atoms with Crippen molar-refractivity contribution in [2.24, 2.45) is 0 Å². The fourth-order valence-corrected chi connectivity index (χ4v) is 2.97. The van der Waals surface area contributed by atoms with Gasteiger partial charge in [-0.25, -0.2) is 17.9 Å². The van der Waals surface area contributed by atoms with E-state index in [1.54, 1.807) is 18.2 Å². The average Bonchev–Trinajstić information content (AvgIpc) is 2.61. The number of rotatable bonds is 6. The Kier molecular flexibility index (Phi) is 5.94. The summed E-state index contributed by atoms with van der Waals surface area (Å²) in [6.45, 7) is 1.46. The van der Waals surface area contributed by atoms with Crippen LogP contribution in [0.3, 0.4) is 0 Å². The lowest BCUT2D eigenvalue weighted by atomic mass is 10.1. The van der Waals surface area contributed by atoms with Gasteiger partial charge in [-0.1, -0.05) is 23.7 Å². The van der Waals surface area contributed by atoms with Gasteiger partial charge in [-0.3, -0.25) is 4.79 Å². The van der Waals surface area contributed by atoms with Gasteiger partial charge in [-0.15, -0.1) is 0 Å². The summed E-state index contributed by atoms with van der Waals surface area (Å²) in [5.41, 5.74) is 0.476. The Hall–Kier alpha value is -2.22. The van der Waals surface area contributed by atoms with Crippen LogP contribution in [-0.4, -0.2) is 33.3 Å². The third kappa shape index (κ3) is 4.66. The van der Waals surface area contributed by atoms with Crippen molar-refractivity contribution in [2.45, 2.75) is 17.9 Å². The Bertz CT molecular complexity index is 894. The number of carbonyl (C=O) groups excluding carboxylic acids is 2. The lowest BCUT2D eigenvalue weighted by molar-refractivity contribution is 0.0318. The van der Waals surface area contributed by atoms with Gasteiger partial charge in [0.1, 0.15) is 0 Å². The van der Waals surface area contributed by atoms with Gasteiger partial charge in [0.05, 0.1) is 10.5 Å². The smallest absolute Gasteiger partial charge is 0.338 e. The van der Waals surface area contributed by atoms with Gasteiger partial charge in [0.25, 0.3) is 0 Å². The third-order valence-electron chi connectivity index (χ3n) is 3.43. The van der Waals surface area contributed by atoms with Crippen LogP contribution < -0.4 is 4.72 Å². The number of nitrogens with one attached hydrogen (secondary N) is 1. The van der Waals surface area contributed by atoms with Gasteiger partial charge in [0, 0.05) is 10.6 Å². The number of benzene rings is 2. The number of ether oxygens (including phenoxy) is 1. The van der Waals surface area contributed by atoms with Crippen molar-refractivity contribution >= 4 is 33.4 Å². The molecule has 2 aromatic carbocycles. The van der Waals surface area contributed by atoms with Crippen LogP contribution in [0.25, 0.3) is 0 Å². The summed E-state index contributed by atoms with van der Waals surface area (Å²) < 4.78 is 30.6. The molecular formula is C17H16ClNO5S. The molecule has 132 valence electrons. The van der Waals surface area contributed by atoms with Gasteiger partial charge in [0.2, 0.25) is 15.8 Å². The van der Waals surface area contributed by atoms with Crippen LogP contribution in [-0.2, 0) is 14.8 Å². The lowest BCUT2D eigenvalue weighted by Gasteiger charge is -2.13. The van der Waals surface area contributed by atoms with E-state index < -0.39 is 22.1 Å². The summed E-state index contributed by atoms with van der Waals surface area (Å²) in [5, 5.41) is 0.408. The van der Waals surface area contributed by atoms with E-state index in [1.807, 2.05) is 0 Å². The molecule has 2 rings (SSSR count). The maximum atomic E-state index is 12.3. The fourth-order valence-electron chi connectivity index (χ4n) is 2.05. The van der Waals surface area contributed by atoms with E-state index in [9.17, 15) is 18.0 Å². The lowest BCUT2D eigenvalue weighted by Crippen LogP contribution is -2.24. The van der Waals surface area contributed by atoms with E-state index in [1.165, 1.54) is 44.3 Å². The molecule has 0 radical (unpaired) electrons. The number of hydrogen-bond donors (Lipinski definition) is 1. The molecule has 1 N–H and O–H groups in total. The Morgan fingerprint density at radius 2 is 1.72 bits per heavy atom. The van der Waals surface area contributed by atoms with E-state index in [0.717, 1.165) is 0 Å². The molecular weight excluding hydrogens is 366 g/mol. The molecule has 0 aliphatic rings. The quantitative estimate of drug-likeness (QED) is 0.613. The minimum absolute atomic E-state index is 0.0228. The average molecular weight is 382 g/mol. The maximum Gasteiger partial charge on any atom is 0.338 e. The van der Waals surface area contributed by atoms with E-state index >= 15 is 0 Å². The number of carbonyl (C=O) groups is 2. The summed E-state index contributed by atoms with van der Waals surface area (Å²) >= 11 is 5.84. The highest BCUT2D eigenvalue weighted by atomic mass is 35.5. The van der Waals surface area contributed by atoms with Crippen LogP contribution in [0.1, 0.15) is 27.6 Å². The zero-order chi connectivity index (χ0) is 18.6. The highest BCUT2D eigenvalue weighted by Crippen LogP contribution is 2.15. The monoisotopic (exact) mass is 381 g/mol. The summed E-state index contributed by atoms with van der Waals surface area (Å²) in [4.78, 5) is 24.4. The predicted octanol–water partition coefficient (Wildman–Crippen LogP) is 2.68. The standard InChI is InChI=1S/C17H16ClNO5S/c1-11(16(20)13-4-3-5-14(18)10-13)24-17(21)12-6-8-15(9-7-12)25(22,23)19-2/h3-11,19H,1-2H3. The van der Waals surface area contributed by atoms with Crippen LogP contribution in [0.2, 0.25) is 5.02 Å². The number of hydrogen-bond acceptors (Lipinski definition) is 5. The molecule has 0 heterocycles. The number of esters is 1. The van der Waals surface area contributed by atoms with Gasteiger partial charge >= 0.3 is 5.97 Å². The predicted molar refractivity (Wildman–Crippen MR) is 93.3 cm³/mol. The van der Waals surface area contributed by atoms with Crippen molar-refractivity contribution < 1.29 is 22.7 Å². The van der Waals surface area contributed by atoms with Crippen LogP contribution in [0, 0.1) is 0 Å². The molecule has 0 saturated heterocycles. The first-order valence-electron chi connectivity index (χ1n) is 7.29. The number of sulfonamides is 1. The summed E-state index contributed by atoms with van der Waals surface area (Å²) in [7, 11) is -2.29. The molecule has 6 nitrogen and oxygen atoms in total. The molecule has 1 unspecified atom stereocenters. The van der Waals surface area contributed by atoms with Crippen LogP contribution in [0.15, 0.2) is 53.4 Å². The first-order chi connectivity index (χ1) is 11.7. The van der Waals surface area contributed by atoms with Crippen molar-refractivity contribution in [3.05, 3.63) is 64.7 Å². The van der Waals surface area contributed by atoms with Crippen LogP contribution in [0.4, 0.5) is 0 Å². The maximum absolute atomic E-state index is 12.3. The van der Waals surface area contributed by atoms with Crippen molar-refractivity contribution in [3.63, 3.8) is 0 Å². The highest BCUT2D eigenvalue weighted by molar-refractivity contribution is 7.89. The fraction of sp³-hybridized carbons (Fsp3) is 0.176. The van der Waals surface area contributed by atoms with Crippen LogP contribution >= 0.6 is 11.6 Å². The molecule has 25 heavy (non-hydrogen) atoms.